The second kappa shape index (κ2) is 8.28. The second-order valence-corrected chi connectivity index (χ2v) is 7.41. The highest BCUT2D eigenvalue weighted by atomic mass is 32.1. The first-order valence-electron chi connectivity index (χ1n) is 8.70. The van der Waals surface area contributed by atoms with E-state index in [0.717, 1.165) is 30.6 Å². The van der Waals surface area contributed by atoms with Gasteiger partial charge in [-0.1, -0.05) is 23.8 Å². The van der Waals surface area contributed by atoms with Crippen LogP contribution in [0.15, 0.2) is 41.8 Å². The Morgan fingerprint density at radius 2 is 2.16 bits per heavy atom. The van der Waals surface area contributed by atoms with E-state index >= 15 is 0 Å². The summed E-state index contributed by atoms with van der Waals surface area (Å²) >= 11 is 1.76. The maximum Gasteiger partial charge on any atom is 0.241 e. The number of aryl methyl sites for hydroxylation is 1. The highest BCUT2D eigenvalue weighted by Gasteiger charge is 2.29. The van der Waals surface area contributed by atoms with Crippen molar-refractivity contribution in [1.82, 2.24) is 4.90 Å². The molecule has 1 fully saturated rings. The smallest absolute Gasteiger partial charge is 0.241 e. The lowest BCUT2D eigenvalue weighted by Crippen LogP contribution is -2.40. The Morgan fingerprint density at radius 1 is 1.36 bits per heavy atom. The number of anilines is 1. The number of rotatable bonds is 6. The summed E-state index contributed by atoms with van der Waals surface area (Å²) in [6.07, 6.45) is 2.57. The molecule has 0 saturated carbocycles. The highest BCUT2D eigenvalue weighted by Crippen LogP contribution is 2.34. The van der Waals surface area contributed by atoms with Gasteiger partial charge in [0.25, 0.3) is 0 Å². The number of carbonyl (C=O) groups excluding carboxylic acids is 1. The molecule has 1 atom stereocenters. The van der Waals surface area contributed by atoms with Crippen molar-refractivity contribution >= 4 is 22.9 Å². The fourth-order valence-corrected chi connectivity index (χ4v) is 4.26. The normalized spacial score (nSPS) is 17.4. The minimum atomic E-state index is 0.0718. The standard InChI is InChI=1S/C20H23N3OS/c1-16-7-9-17(10-8-16)23(13-4-11-21)20(24)15-22-12-2-5-18(22)19-6-3-14-25-19/h3,6-10,14,18H,2,4-5,12-13,15H2,1H3/t18-/m1/s1. The van der Waals surface area contributed by atoms with Crippen molar-refractivity contribution in [1.29, 1.82) is 5.26 Å². The number of carbonyl (C=O) groups is 1. The van der Waals surface area contributed by atoms with E-state index in [9.17, 15) is 4.79 Å². The summed E-state index contributed by atoms with van der Waals surface area (Å²) in [6.45, 7) is 3.83. The van der Waals surface area contributed by atoms with Gasteiger partial charge in [-0.05, 0) is 49.9 Å². The highest BCUT2D eigenvalue weighted by molar-refractivity contribution is 7.10. The molecule has 0 unspecified atom stereocenters. The molecule has 1 aliphatic heterocycles. The topological polar surface area (TPSA) is 47.3 Å². The van der Waals surface area contributed by atoms with E-state index in [1.807, 2.05) is 31.2 Å². The van der Waals surface area contributed by atoms with Crippen molar-refractivity contribution in [2.75, 3.05) is 24.5 Å². The SMILES string of the molecule is Cc1ccc(N(CCC#N)C(=O)CN2CCC[C@@H]2c2cccs2)cc1. The summed E-state index contributed by atoms with van der Waals surface area (Å²) in [4.78, 5) is 18.4. The van der Waals surface area contributed by atoms with Gasteiger partial charge in [0.1, 0.15) is 0 Å². The fourth-order valence-electron chi connectivity index (χ4n) is 3.36. The first-order valence-corrected chi connectivity index (χ1v) is 9.58. The van der Waals surface area contributed by atoms with Gasteiger partial charge in [0.15, 0.2) is 0 Å². The maximum atomic E-state index is 13.0. The molecule has 2 aromatic rings. The Hall–Kier alpha value is -2.16. The van der Waals surface area contributed by atoms with E-state index in [4.69, 9.17) is 5.26 Å². The van der Waals surface area contributed by atoms with Crippen LogP contribution in [0, 0.1) is 18.3 Å². The van der Waals surface area contributed by atoms with Crippen LogP contribution < -0.4 is 4.90 Å². The van der Waals surface area contributed by atoms with Crippen LogP contribution in [0.5, 0.6) is 0 Å². The van der Waals surface area contributed by atoms with Gasteiger partial charge in [0.2, 0.25) is 5.91 Å². The largest absolute Gasteiger partial charge is 0.310 e. The predicted octanol–water partition coefficient (Wildman–Crippen LogP) is 4.14. The third-order valence-electron chi connectivity index (χ3n) is 4.67. The molecule has 0 aliphatic carbocycles. The van der Waals surface area contributed by atoms with Crippen LogP contribution in [0.4, 0.5) is 5.69 Å². The van der Waals surface area contributed by atoms with E-state index < -0.39 is 0 Å². The van der Waals surface area contributed by atoms with Gasteiger partial charge in [-0.2, -0.15) is 5.26 Å². The predicted molar refractivity (Wildman–Crippen MR) is 102 cm³/mol. The van der Waals surface area contributed by atoms with Crippen molar-refractivity contribution in [3.63, 3.8) is 0 Å². The van der Waals surface area contributed by atoms with Gasteiger partial charge in [-0.25, -0.2) is 0 Å². The molecule has 2 heterocycles. The number of hydrogen-bond donors (Lipinski definition) is 0. The molecule has 1 saturated heterocycles. The van der Waals surface area contributed by atoms with Gasteiger partial charge < -0.3 is 4.90 Å². The van der Waals surface area contributed by atoms with Gasteiger partial charge in [0, 0.05) is 23.2 Å². The van der Waals surface area contributed by atoms with Crippen molar-refractivity contribution in [2.45, 2.75) is 32.2 Å². The van der Waals surface area contributed by atoms with Crippen LogP contribution in [-0.4, -0.2) is 30.4 Å². The molecule has 0 bridgehead atoms. The summed E-state index contributed by atoms with van der Waals surface area (Å²) in [5.74, 6) is 0.0718. The maximum absolute atomic E-state index is 13.0. The molecule has 0 radical (unpaired) electrons. The number of benzene rings is 1. The third-order valence-corrected chi connectivity index (χ3v) is 5.64. The number of amides is 1. The van der Waals surface area contributed by atoms with Gasteiger partial charge in [-0.3, -0.25) is 9.69 Å². The third kappa shape index (κ3) is 4.28. The number of nitriles is 1. The first-order chi connectivity index (χ1) is 12.2. The van der Waals surface area contributed by atoms with E-state index in [1.54, 1.807) is 16.2 Å². The molecule has 25 heavy (non-hydrogen) atoms. The Balaban J connectivity index is 1.73. The van der Waals surface area contributed by atoms with Crippen molar-refractivity contribution in [3.8, 4) is 6.07 Å². The Kier molecular flexibility index (Phi) is 5.85. The van der Waals surface area contributed by atoms with Crippen LogP contribution in [0.2, 0.25) is 0 Å². The molecule has 1 aromatic carbocycles. The van der Waals surface area contributed by atoms with E-state index in [-0.39, 0.29) is 5.91 Å². The molecule has 1 aromatic heterocycles. The fraction of sp³-hybridized carbons (Fsp3) is 0.400. The summed E-state index contributed by atoms with van der Waals surface area (Å²) in [6, 6.07) is 14.7. The van der Waals surface area contributed by atoms with Gasteiger partial charge in [0.05, 0.1) is 19.0 Å². The van der Waals surface area contributed by atoms with Crippen LogP contribution in [-0.2, 0) is 4.79 Å². The Bertz CT molecular complexity index is 733. The zero-order chi connectivity index (χ0) is 17.6. The number of likely N-dealkylation sites (tertiary alicyclic amines) is 1. The zero-order valence-electron chi connectivity index (χ0n) is 14.5. The van der Waals surface area contributed by atoms with Crippen LogP contribution in [0.25, 0.3) is 0 Å². The average Bonchev–Trinajstić information content (AvgIpc) is 3.28. The lowest BCUT2D eigenvalue weighted by Gasteiger charge is -2.28. The lowest BCUT2D eigenvalue weighted by atomic mass is 10.2. The summed E-state index contributed by atoms with van der Waals surface area (Å²) in [5.41, 5.74) is 2.03. The number of nitrogens with zero attached hydrogens (tertiary/aromatic N) is 3. The summed E-state index contributed by atoms with van der Waals surface area (Å²) in [5, 5.41) is 11.0. The molecule has 0 N–H and O–H groups in total. The van der Waals surface area contributed by atoms with Crippen molar-refractivity contribution < 1.29 is 4.79 Å². The second-order valence-electron chi connectivity index (χ2n) is 6.43. The molecule has 1 amide bonds. The van der Waals surface area contributed by atoms with E-state index in [2.05, 4.69) is 28.5 Å². The minimum absolute atomic E-state index is 0.0718. The van der Waals surface area contributed by atoms with Gasteiger partial charge >= 0.3 is 0 Å². The molecule has 4 nitrogen and oxygen atoms in total. The first kappa shape index (κ1) is 17.7. The van der Waals surface area contributed by atoms with Crippen molar-refractivity contribution in [2.24, 2.45) is 0 Å². The Labute approximate surface area is 153 Å². The molecule has 3 rings (SSSR count). The quantitative estimate of drug-likeness (QED) is 0.784. The average molecular weight is 353 g/mol. The van der Waals surface area contributed by atoms with Crippen molar-refractivity contribution in [3.05, 3.63) is 52.2 Å². The molecule has 0 spiro atoms. The minimum Gasteiger partial charge on any atom is -0.310 e. The molecular weight excluding hydrogens is 330 g/mol. The van der Waals surface area contributed by atoms with Gasteiger partial charge in [-0.15, -0.1) is 11.3 Å². The number of hydrogen-bond acceptors (Lipinski definition) is 4. The molecule has 5 heteroatoms. The zero-order valence-corrected chi connectivity index (χ0v) is 15.3. The van der Waals surface area contributed by atoms with Crippen LogP contribution in [0.3, 0.4) is 0 Å². The van der Waals surface area contributed by atoms with E-state index in [1.165, 1.54) is 4.88 Å². The monoisotopic (exact) mass is 353 g/mol. The Morgan fingerprint density at radius 3 is 2.84 bits per heavy atom. The molecular formula is C20H23N3OS. The lowest BCUT2D eigenvalue weighted by molar-refractivity contribution is -0.120. The van der Waals surface area contributed by atoms with Crippen LogP contribution in [0.1, 0.15) is 35.7 Å². The molecule has 1 aliphatic rings. The summed E-state index contributed by atoms with van der Waals surface area (Å²) < 4.78 is 0. The van der Waals surface area contributed by atoms with E-state index in [0.29, 0.717) is 25.6 Å². The van der Waals surface area contributed by atoms with Crippen LogP contribution >= 0.6 is 11.3 Å². The summed E-state index contributed by atoms with van der Waals surface area (Å²) in [7, 11) is 0. The molecule has 130 valence electrons. The number of thiophene rings is 1.